The lowest BCUT2D eigenvalue weighted by atomic mass is 10.1. The third-order valence-electron chi connectivity index (χ3n) is 4.54. The molecule has 28 heavy (non-hydrogen) atoms. The molecule has 0 fully saturated rings. The maximum atomic E-state index is 12.3. The Morgan fingerprint density at radius 1 is 1.32 bits per heavy atom. The molecule has 0 bridgehead atoms. The van der Waals surface area contributed by atoms with E-state index in [0.29, 0.717) is 43.4 Å². The van der Waals surface area contributed by atoms with Crippen molar-refractivity contribution >= 4 is 17.5 Å². The topological polar surface area (TPSA) is 106 Å². The minimum Gasteiger partial charge on any atom is -0.489 e. The Balaban J connectivity index is 1.60. The van der Waals surface area contributed by atoms with Crippen molar-refractivity contribution in [3.8, 4) is 5.75 Å². The zero-order valence-corrected chi connectivity index (χ0v) is 15.9. The number of amides is 2. The molecule has 2 heterocycles. The van der Waals surface area contributed by atoms with Crippen molar-refractivity contribution in [2.75, 3.05) is 38.8 Å². The van der Waals surface area contributed by atoms with Crippen molar-refractivity contribution in [3.05, 3.63) is 41.8 Å². The van der Waals surface area contributed by atoms with Gasteiger partial charge in [0.25, 0.3) is 5.91 Å². The maximum absolute atomic E-state index is 12.3. The molecule has 1 aromatic heterocycles. The fourth-order valence-electron chi connectivity index (χ4n) is 2.92. The van der Waals surface area contributed by atoms with Crippen LogP contribution in [0.5, 0.6) is 5.75 Å². The molecule has 1 aliphatic rings. The number of aromatic nitrogens is 1. The Kier molecular flexibility index (Phi) is 6.49. The highest BCUT2D eigenvalue weighted by Crippen LogP contribution is 2.34. The van der Waals surface area contributed by atoms with Gasteiger partial charge in [0.1, 0.15) is 12.4 Å². The predicted octanol–water partition coefficient (Wildman–Crippen LogP) is 0.954. The Hall–Kier alpha value is -3.07. The molecule has 9 heteroatoms. The average molecular weight is 388 g/mol. The summed E-state index contributed by atoms with van der Waals surface area (Å²) in [6.07, 6.45) is 1.79. The number of rotatable bonds is 8. The Morgan fingerprint density at radius 3 is 2.93 bits per heavy atom. The second kappa shape index (κ2) is 9.23. The summed E-state index contributed by atoms with van der Waals surface area (Å²) >= 11 is 0. The zero-order chi connectivity index (χ0) is 19.9. The van der Waals surface area contributed by atoms with Crippen LogP contribution in [-0.4, -0.2) is 56.9 Å². The summed E-state index contributed by atoms with van der Waals surface area (Å²) < 4.78 is 15.7. The standard InChI is InChI=1S/C19H24N4O5/c1-23-14(10-18(24)21-11-15-5-6-22-28-15)12-27-17-4-3-13(9-16(17)23)19(25)20-7-8-26-2/h3-6,9,14H,7-8,10-12H2,1-2H3,(H,20,25)(H,21,24)/t14-/m1/s1. The van der Waals surface area contributed by atoms with Crippen LogP contribution in [0.3, 0.4) is 0 Å². The Labute approximate surface area is 163 Å². The molecule has 2 N–H and O–H groups in total. The Morgan fingerprint density at radius 2 is 2.18 bits per heavy atom. The van der Waals surface area contributed by atoms with Gasteiger partial charge in [-0.3, -0.25) is 9.59 Å². The van der Waals surface area contributed by atoms with E-state index in [1.807, 2.05) is 11.9 Å². The molecule has 0 spiro atoms. The van der Waals surface area contributed by atoms with Gasteiger partial charge < -0.3 is 29.5 Å². The van der Waals surface area contributed by atoms with Gasteiger partial charge in [0, 0.05) is 32.3 Å². The van der Waals surface area contributed by atoms with Crippen molar-refractivity contribution in [3.63, 3.8) is 0 Å². The summed E-state index contributed by atoms with van der Waals surface area (Å²) in [5, 5.41) is 9.20. The zero-order valence-electron chi connectivity index (χ0n) is 15.9. The number of benzene rings is 1. The van der Waals surface area contributed by atoms with E-state index >= 15 is 0 Å². The summed E-state index contributed by atoms with van der Waals surface area (Å²) in [4.78, 5) is 26.5. The van der Waals surface area contributed by atoms with Crippen LogP contribution >= 0.6 is 0 Å². The Bertz CT molecular complexity index is 809. The number of likely N-dealkylation sites (N-methyl/N-ethyl adjacent to an activating group) is 1. The number of anilines is 1. The number of fused-ring (bicyclic) bond motifs is 1. The van der Waals surface area contributed by atoms with Gasteiger partial charge in [-0.15, -0.1) is 0 Å². The smallest absolute Gasteiger partial charge is 0.251 e. The third-order valence-corrected chi connectivity index (χ3v) is 4.54. The van der Waals surface area contributed by atoms with Crippen molar-refractivity contribution in [2.24, 2.45) is 0 Å². The molecule has 2 aromatic rings. The molecule has 0 saturated heterocycles. The number of carbonyl (C=O) groups is 2. The second-order valence-electron chi connectivity index (χ2n) is 6.47. The molecule has 0 saturated carbocycles. The molecule has 2 amide bonds. The average Bonchev–Trinajstić information content (AvgIpc) is 3.22. The van der Waals surface area contributed by atoms with Gasteiger partial charge in [-0.1, -0.05) is 5.16 Å². The van der Waals surface area contributed by atoms with Gasteiger partial charge in [-0.25, -0.2) is 0 Å². The van der Waals surface area contributed by atoms with Gasteiger partial charge in [0.15, 0.2) is 5.76 Å². The number of hydrogen-bond acceptors (Lipinski definition) is 7. The van der Waals surface area contributed by atoms with Crippen LogP contribution in [0.1, 0.15) is 22.5 Å². The van der Waals surface area contributed by atoms with Gasteiger partial charge in [0.2, 0.25) is 5.91 Å². The van der Waals surface area contributed by atoms with Crippen LogP contribution in [0, 0.1) is 0 Å². The lowest BCUT2D eigenvalue weighted by Gasteiger charge is -2.35. The summed E-state index contributed by atoms with van der Waals surface area (Å²) in [7, 11) is 3.47. The molecule has 0 unspecified atom stereocenters. The van der Waals surface area contributed by atoms with Gasteiger partial charge in [-0.2, -0.15) is 0 Å². The minimum atomic E-state index is -0.180. The molecular weight excluding hydrogens is 364 g/mol. The van der Waals surface area contributed by atoms with Gasteiger partial charge >= 0.3 is 0 Å². The first-order valence-electron chi connectivity index (χ1n) is 9.01. The number of ether oxygens (including phenoxy) is 2. The lowest BCUT2D eigenvalue weighted by molar-refractivity contribution is -0.121. The van der Waals surface area contributed by atoms with Crippen molar-refractivity contribution in [2.45, 2.75) is 19.0 Å². The van der Waals surface area contributed by atoms with E-state index in [1.54, 1.807) is 31.4 Å². The fraction of sp³-hybridized carbons (Fsp3) is 0.421. The minimum absolute atomic E-state index is 0.117. The van der Waals surface area contributed by atoms with Crippen LogP contribution in [-0.2, 0) is 16.1 Å². The molecule has 3 rings (SSSR count). The van der Waals surface area contributed by atoms with Crippen LogP contribution in [0.2, 0.25) is 0 Å². The molecular formula is C19H24N4O5. The van der Waals surface area contributed by atoms with Crippen LogP contribution < -0.4 is 20.3 Å². The van der Waals surface area contributed by atoms with Crippen molar-refractivity contribution in [1.82, 2.24) is 15.8 Å². The largest absolute Gasteiger partial charge is 0.489 e. The van der Waals surface area contributed by atoms with Gasteiger partial charge in [0.05, 0.1) is 37.5 Å². The van der Waals surface area contributed by atoms with Crippen molar-refractivity contribution in [1.29, 1.82) is 0 Å². The van der Waals surface area contributed by atoms with E-state index in [1.165, 1.54) is 6.20 Å². The number of carbonyl (C=O) groups excluding carboxylic acids is 2. The van der Waals surface area contributed by atoms with Gasteiger partial charge in [-0.05, 0) is 18.2 Å². The summed E-state index contributed by atoms with van der Waals surface area (Å²) in [6, 6.07) is 6.83. The number of methoxy groups -OCH3 is 1. The first-order chi connectivity index (χ1) is 13.6. The monoisotopic (exact) mass is 388 g/mol. The van der Waals surface area contributed by atoms with E-state index in [-0.39, 0.29) is 24.3 Å². The highest BCUT2D eigenvalue weighted by molar-refractivity contribution is 5.95. The molecule has 0 aliphatic carbocycles. The van der Waals surface area contributed by atoms with Crippen LogP contribution in [0.4, 0.5) is 5.69 Å². The third kappa shape index (κ3) is 4.80. The number of nitrogens with one attached hydrogen (secondary N) is 2. The fourth-order valence-corrected chi connectivity index (χ4v) is 2.92. The second-order valence-corrected chi connectivity index (χ2v) is 6.47. The molecule has 9 nitrogen and oxygen atoms in total. The number of hydrogen-bond donors (Lipinski definition) is 2. The first kappa shape index (κ1) is 19.7. The van der Waals surface area contributed by atoms with E-state index in [2.05, 4.69) is 15.8 Å². The van der Waals surface area contributed by atoms with Crippen LogP contribution in [0.25, 0.3) is 0 Å². The normalized spacial score (nSPS) is 15.5. The maximum Gasteiger partial charge on any atom is 0.251 e. The summed E-state index contributed by atoms with van der Waals surface area (Å²) in [5.41, 5.74) is 1.31. The quantitative estimate of drug-likeness (QED) is 0.649. The van der Waals surface area contributed by atoms with E-state index in [9.17, 15) is 9.59 Å². The summed E-state index contributed by atoms with van der Waals surface area (Å²) in [5.74, 6) is 0.985. The van der Waals surface area contributed by atoms with Crippen LogP contribution in [0.15, 0.2) is 35.0 Å². The molecule has 0 radical (unpaired) electrons. The SMILES string of the molecule is COCCNC(=O)c1ccc2c(c1)N(C)[C@H](CC(=O)NCc1ccno1)CO2. The van der Waals surface area contributed by atoms with E-state index < -0.39 is 0 Å². The van der Waals surface area contributed by atoms with Crippen molar-refractivity contribution < 1.29 is 23.6 Å². The predicted molar refractivity (Wildman–Crippen MR) is 101 cm³/mol. The highest BCUT2D eigenvalue weighted by Gasteiger charge is 2.27. The van der Waals surface area contributed by atoms with E-state index in [4.69, 9.17) is 14.0 Å². The molecule has 150 valence electrons. The van der Waals surface area contributed by atoms with E-state index in [0.717, 1.165) is 5.69 Å². The molecule has 1 atom stereocenters. The molecule has 1 aliphatic heterocycles. The first-order valence-corrected chi connectivity index (χ1v) is 9.01. The highest BCUT2D eigenvalue weighted by atomic mass is 16.5. The number of nitrogens with zero attached hydrogens (tertiary/aromatic N) is 2. The summed E-state index contributed by atoms with van der Waals surface area (Å²) in [6.45, 7) is 1.56. The lowest BCUT2D eigenvalue weighted by Crippen LogP contribution is -2.43. The molecule has 1 aromatic carbocycles.